The molecule has 0 aliphatic heterocycles. The molecule has 0 spiro atoms. The maximum atomic E-state index is 12.3. The summed E-state index contributed by atoms with van der Waals surface area (Å²) in [5.41, 5.74) is 1.95. The van der Waals surface area contributed by atoms with Crippen molar-refractivity contribution in [1.82, 2.24) is 20.0 Å². The third-order valence-corrected chi connectivity index (χ3v) is 4.71. The Morgan fingerprint density at radius 2 is 1.88 bits per heavy atom. The minimum absolute atomic E-state index is 0.0441. The summed E-state index contributed by atoms with van der Waals surface area (Å²) in [4.78, 5) is 23.6. The van der Waals surface area contributed by atoms with E-state index in [0.717, 1.165) is 11.1 Å². The van der Waals surface area contributed by atoms with Crippen molar-refractivity contribution >= 4 is 17.7 Å². The normalized spacial score (nSPS) is 10.7. The van der Waals surface area contributed by atoms with E-state index in [-0.39, 0.29) is 5.91 Å². The molecule has 3 rings (SSSR count). The summed E-state index contributed by atoms with van der Waals surface area (Å²) < 4.78 is 5.24. The number of carbonyl (C=O) groups is 1. The predicted molar refractivity (Wildman–Crippen MR) is 101 cm³/mol. The van der Waals surface area contributed by atoms with Crippen molar-refractivity contribution in [2.45, 2.75) is 24.3 Å². The van der Waals surface area contributed by atoms with Gasteiger partial charge in [-0.1, -0.05) is 17.3 Å². The first-order valence-corrected chi connectivity index (χ1v) is 9.48. The van der Waals surface area contributed by atoms with E-state index in [1.807, 2.05) is 18.4 Å². The van der Waals surface area contributed by atoms with Crippen molar-refractivity contribution in [2.24, 2.45) is 0 Å². The number of aryl methyl sites for hydroxylation is 1. The van der Waals surface area contributed by atoms with Gasteiger partial charge in [0.25, 0.3) is 0 Å². The summed E-state index contributed by atoms with van der Waals surface area (Å²) in [6.45, 7) is 0.583. The number of thioether (sulfide) groups is 1. The Morgan fingerprint density at radius 3 is 2.58 bits per heavy atom. The lowest BCUT2D eigenvalue weighted by Crippen LogP contribution is -2.26. The molecule has 0 fully saturated rings. The molecule has 0 bridgehead atoms. The number of aromatic nitrogens is 3. The van der Waals surface area contributed by atoms with E-state index in [2.05, 4.69) is 39.4 Å². The lowest BCUT2D eigenvalue weighted by molar-refractivity contribution is -0.130. The highest BCUT2D eigenvalue weighted by Gasteiger charge is 2.13. The van der Waals surface area contributed by atoms with Crippen LogP contribution in [0.4, 0.5) is 0 Å². The number of carbonyl (C=O) groups excluding carboxylic acids is 1. The molecule has 0 unspecified atom stereocenters. The minimum atomic E-state index is 0.0441. The number of hydrogen-bond donors (Lipinski definition) is 0. The molecule has 0 saturated carbocycles. The highest BCUT2D eigenvalue weighted by molar-refractivity contribution is 7.98. The minimum Gasteiger partial charge on any atom is -0.341 e. The van der Waals surface area contributed by atoms with Gasteiger partial charge in [-0.2, -0.15) is 4.98 Å². The van der Waals surface area contributed by atoms with Crippen molar-refractivity contribution in [2.75, 3.05) is 13.3 Å². The van der Waals surface area contributed by atoms with Gasteiger partial charge in [0, 0.05) is 49.3 Å². The van der Waals surface area contributed by atoms with Gasteiger partial charge >= 0.3 is 0 Å². The molecule has 7 heteroatoms. The molecular formula is C19H20N4O2S. The summed E-state index contributed by atoms with van der Waals surface area (Å²) >= 11 is 1.70. The molecule has 1 amide bonds. The molecule has 2 heterocycles. The fourth-order valence-electron chi connectivity index (χ4n) is 2.47. The molecule has 3 aromatic rings. The molecule has 0 aliphatic rings. The van der Waals surface area contributed by atoms with Gasteiger partial charge in [-0.15, -0.1) is 11.8 Å². The standard InChI is InChI=1S/C19H20N4O2S/c1-23(13-14-3-5-16(26-2)6-4-14)18(24)8-7-17-21-19(22-25-17)15-9-11-20-12-10-15/h3-6,9-12H,7-8,13H2,1-2H3. The highest BCUT2D eigenvalue weighted by atomic mass is 32.2. The Morgan fingerprint density at radius 1 is 1.15 bits per heavy atom. The summed E-state index contributed by atoms with van der Waals surface area (Å²) in [5, 5.41) is 3.95. The molecule has 26 heavy (non-hydrogen) atoms. The Hall–Kier alpha value is -2.67. The monoisotopic (exact) mass is 368 g/mol. The van der Waals surface area contributed by atoms with Crippen LogP contribution < -0.4 is 0 Å². The summed E-state index contributed by atoms with van der Waals surface area (Å²) in [7, 11) is 1.81. The van der Waals surface area contributed by atoms with Gasteiger partial charge in [0.05, 0.1) is 0 Å². The Balaban J connectivity index is 1.52. The van der Waals surface area contributed by atoms with Crippen LogP contribution in [0.2, 0.25) is 0 Å². The number of nitrogens with zero attached hydrogens (tertiary/aromatic N) is 4. The molecule has 1 aromatic carbocycles. The summed E-state index contributed by atoms with van der Waals surface area (Å²) in [6.07, 6.45) is 6.15. The van der Waals surface area contributed by atoms with Crippen molar-refractivity contribution in [3.63, 3.8) is 0 Å². The number of hydrogen-bond acceptors (Lipinski definition) is 6. The molecule has 0 atom stereocenters. The second-order valence-electron chi connectivity index (χ2n) is 5.85. The SMILES string of the molecule is CSc1ccc(CN(C)C(=O)CCc2nc(-c3ccncc3)no2)cc1. The van der Waals surface area contributed by atoms with Crippen molar-refractivity contribution in [3.05, 3.63) is 60.2 Å². The second kappa shape index (κ2) is 8.62. The van der Waals surface area contributed by atoms with Gasteiger partial charge in [0.15, 0.2) is 0 Å². The summed E-state index contributed by atoms with van der Waals surface area (Å²) in [6, 6.07) is 11.9. The molecule has 0 aliphatic carbocycles. The van der Waals surface area contributed by atoms with Crippen LogP contribution in [0.15, 0.2) is 58.2 Å². The van der Waals surface area contributed by atoms with E-state index in [1.165, 1.54) is 4.90 Å². The second-order valence-corrected chi connectivity index (χ2v) is 6.73. The van der Waals surface area contributed by atoms with Gasteiger partial charge in [-0.3, -0.25) is 9.78 Å². The lowest BCUT2D eigenvalue weighted by Gasteiger charge is -2.17. The van der Waals surface area contributed by atoms with Gasteiger partial charge in [0.1, 0.15) is 0 Å². The van der Waals surface area contributed by atoms with E-state index >= 15 is 0 Å². The Labute approximate surface area is 156 Å². The number of rotatable bonds is 7. The van der Waals surface area contributed by atoms with E-state index in [4.69, 9.17) is 4.52 Å². The van der Waals surface area contributed by atoms with Crippen LogP contribution >= 0.6 is 11.8 Å². The fourth-order valence-corrected chi connectivity index (χ4v) is 2.88. The average molecular weight is 368 g/mol. The smallest absolute Gasteiger partial charge is 0.227 e. The van der Waals surface area contributed by atoms with Crippen LogP contribution in [0.25, 0.3) is 11.4 Å². The van der Waals surface area contributed by atoms with E-state index in [9.17, 15) is 4.79 Å². The molecule has 2 aromatic heterocycles. The first-order valence-electron chi connectivity index (χ1n) is 8.25. The van der Waals surface area contributed by atoms with Gasteiger partial charge in [-0.25, -0.2) is 0 Å². The van der Waals surface area contributed by atoms with Crippen LogP contribution in [-0.4, -0.2) is 39.2 Å². The van der Waals surface area contributed by atoms with Gasteiger partial charge < -0.3 is 9.42 Å². The molecule has 134 valence electrons. The van der Waals surface area contributed by atoms with Gasteiger partial charge in [0.2, 0.25) is 17.6 Å². The molecule has 0 radical (unpaired) electrons. The first-order chi connectivity index (χ1) is 12.7. The zero-order chi connectivity index (χ0) is 18.4. The zero-order valence-electron chi connectivity index (χ0n) is 14.8. The topological polar surface area (TPSA) is 72.1 Å². The number of amides is 1. The van der Waals surface area contributed by atoms with Crippen molar-refractivity contribution in [3.8, 4) is 11.4 Å². The maximum Gasteiger partial charge on any atom is 0.227 e. The van der Waals surface area contributed by atoms with Gasteiger partial charge in [-0.05, 0) is 36.1 Å². The van der Waals surface area contributed by atoms with Crippen LogP contribution in [0.1, 0.15) is 17.9 Å². The summed E-state index contributed by atoms with van der Waals surface area (Å²) in [5.74, 6) is 1.02. The number of pyridine rings is 1. The number of benzene rings is 1. The molecule has 6 nitrogen and oxygen atoms in total. The zero-order valence-corrected chi connectivity index (χ0v) is 15.6. The van der Waals surface area contributed by atoms with E-state index < -0.39 is 0 Å². The molecule has 0 saturated heterocycles. The van der Waals surface area contributed by atoms with Crippen LogP contribution in [0.3, 0.4) is 0 Å². The van der Waals surface area contributed by atoms with Crippen LogP contribution in [0, 0.1) is 0 Å². The highest BCUT2D eigenvalue weighted by Crippen LogP contribution is 2.17. The average Bonchev–Trinajstić information content (AvgIpc) is 3.16. The molecular weight excluding hydrogens is 348 g/mol. The van der Waals surface area contributed by atoms with Crippen molar-refractivity contribution < 1.29 is 9.32 Å². The van der Waals surface area contributed by atoms with Crippen LogP contribution in [-0.2, 0) is 17.8 Å². The van der Waals surface area contributed by atoms with Crippen molar-refractivity contribution in [1.29, 1.82) is 0 Å². The predicted octanol–water partition coefficient (Wildman–Crippen LogP) is 3.44. The Kier molecular flexibility index (Phi) is 6.01. The maximum absolute atomic E-state index is 12.3. The fraction of sp³-hybridized carbons (Fsp3) is 0.263. The van der Waals surface area contributed by atoms with E-state index in [0.29, 0.717) is 31.1 Å². The third kappa shape index (κ3) is 4.70. The quantitative estimate of drug-likeness (QED) is 0.595. The third-order valence-electron chi connectivity index (χ3n) is 3.96. The van der Waals surface area contributed by atoms with E-state index in [1.54, 1.807) is 36.1 Å². The first kappa shape index (κ1) is 18.1. The molecule has 0 N–H and O–H groups in total. The van der Waals surface area contributed by atoms with Crippen LogP contribution in [0.5, 0.6) is 0 Å². The Bertz CT molecular complexity index is 849. The largest absolute Gasteiger partial charge is 0.341 e. The lowest BCUT2D eigenvalue weighted by atomic mass is 10.2.